The van der Waals surface area contributed by atoms with Crippen LogP contribution in [0.2, 0.25) is 0 Å². The number of carbonyl (C=O) groups is 1. The van der Waals surface area contributed by atoms with E-state index in [9.17, 15) is 9.90 Å². The molecule has 0 spiro atoms. The molecule has 1 aliphatic carbocycles. The number of aliphatic hydroxyl groups excluding tert-OH is 1. The number of hydrogen-bond donors (Lipinski definition) is 2. The number of hydrogen-bond acceptors (Lipinski definition) is 3. The molecular weight excluding hydrogens is 284 g/mol. The minimum absolute atomic E-state index is 0.0830. The second-order valence-electron chi connectivity index (χ2n) is 4.30. The van der Waals surface area contributed by atoms with E-state index in [0.29, 0.717) is 10.2 Å². The third-order valence-corrected chi connectivity index (χ3v) is 3.85. The van der Waals surface area contributed by atoms with E-state index in [0.717, 1.165) is 19.3 Å². The largest absolute Gasteiger partial charge is 0.396 e. The summed E-state index contributed by atoms with van der Waals surface area (Å²) in [5.74, 6) is 0.0599. The number of carbonyl (C=O) groups excluding carboxylic acids is 1. The molecule has 5 heteroatoms. The van der Waals surface area contributed by atoms with Crippen molar-refractivity contribution in [2.24, 2.45) is 5.92 Å². The zero-order valence-electron chi connectivity index (χ0n) is 9.40. The molecule has 1 aromatic heterocycles. The summed E-state index contributed by atoms with van der Waals surface area (Å²) in [5.41, 5.74) is 0.538. The standard InChI is InChI=1S/C12H15BrN2O2/c13-11-9(4-2-6-14-11)12(17)15-10-5-1-3-8(10)7-16/h2,4,6,8,10,16H,1,3,5,7H2,(H,15,17). The van der Waals surface area contributed by atoms with Crippen molar-refractivity contribution in [1.82, 2.24) is 10.3 Å². The van der Waals surface area contributed by atoms with Crippen LogP contribution in [-0.4, -0.2) is 28.6 Å². The van der Waals surface area contributed by atoms with Crippen LogP contribution in [0.25, 0.3) is 0 Å². The van der Waals surface area contributed by atoms with E-state index < -0.39 is 0 Å². The van der Waals surface area contributed by atoms with Crippen molar-refractivity contribution in [1.29, 1.82) is 0 Å². The fraction of sp³-hybridized carbons (Fsp3) is 0.500. The van der Waals surface area contributed by atoms with Crippen LogP contribution in [0.5, 0.6) is 0 Å². The van der Waals surface area contributed by atoms with Crippen LogP contribution in [0.4, 0.5) is 0 Å². The Kier molecular flexibility index (Phi) is 4.12. The molecular formula is C12H15BrN2O2. The Labute approximate surface area is 109 Å². The molecule has 1 amide bonds. The van der Waals surface area contributed by atoms with Gasteiger partial charge in [0.25, 0.3) is 5.91 Å². The topological polar surface area (TPSA) is 62.2 Å². The highest BCUT2D eigenvalue weighted by Gasteiger charge is 2.28. The maximum absolute atomic E-state index is 12.0. The summed E-state index contributed by atoms with van der Waals surface area (Å²) in [6.45, 7) is 0.138. The molecule has 2 atom stereocenters. The van der Waals surface area contributed by atoms with Gasteiger partial charge in [-0.3, -0.25) is 4.79 Å². The number of aromatic nitrogens is 1. The summed E-state index contributed by atoms with van der Waals surface area (Å²) in [6, 6.07) is 3.55. The molecule has 2 unspecified atom stereocenters. The van der Waals surface area contributed by atoms with Gasteiger partial charge in [-0.25, -0.2) is 4.98 Å². The molecule has 0 saturated heterocycles. The fourth-order valence-electron chi connectivity index (χ4n) is 2.25. The average Bonchev–Trinajstić information content (AvgIpc) is 2.76. The summed E-state index contributed by atoms with van der Waals surface area (Å²) < 4.78 is 0.552. The van der Waals surface area contributed by atoms with E-state index in [-0.39, 0.29) is 24.5 Å². The van der Waals surface area contributed by atoms with Crippen LogP contribution in [0, 0.1) is 5.92 Å². The van der Waals surface area contributed by atoms with Gasteiger partial charge in [-0.15, -0.1) is 0 Å². The molecule has 2 rings (SSSR count). The first kappa shape index (κ1) is 12.5. The minimum atomic E-state index is -0.129. The van der Waals surface area contributed by atoms with Gasteiger partial charge in [-0.2, -0.15) is 0 Å². The number of nitrogens with one attached hydrogen (secondary N) is 1. The van der Waals surface area contributed by atoms with Gasteiger partial charge < -0.3 is 10.4 Å². The summed E-state index contributed by atoms with van der Waals surface area (Å²) in [6.07, 6.45) is 4.61. The molecule has 2 N–H and O–H groups in total. The Morgan fingerprint density at radius 3 is 3.12 bits per heavy atom. The Balaban J connectivity index is 2.04. The van der Waals surface area contributed by atoms with Crippen molar-refractivity contribution in [2.75, 3.05) is 6.61 Å². The SMILES string of the molecule is O=C(NC1CCCC1CO)c1cccnc1Br. The van der Waals surface area contributed by atoms with E-state index in [2.05, 4.69) is 26.2 Å². The van der Waals surface area contributed by atoms with E-state index in [1.54, 1.807) is 18.3 Å². The highest BCUT2D eigenvalue weighted by Crippen LogP contribution is 2.25. The Bertz CT molecular complexity index is 411. The number of rotatable bonds is 3. The van der Waals surface area contributed by atoms with Gasteiger partial charge in [0.15, 0.2) is 0 Å². The second-order valence-corrected chi connectivity index (χ2v) is 5.05. The van der Waals surface area contributed by atoms with Gasteiger partial charge in [0.1, 0.15) is 4.60 Å². The van der Waals surface area contributed by atoms with Crippen molar-refractivity contribution in [3.05, 3.63) is 28.5 Å². The van der Waals surface area contributed by atoms with Crippen molar-refractivity contribution < 1.29 is 9.90 Å². The molecule has 0 bridgehead atoms. The maximum Gasteiger partial charge on any atom is 0.254 e. The second kappa shape index (κ2) is 5.60. The minimum Gasteiger partial charge on any atom is -0.396 e. The summed E-state index contributed by atoms with van der Waals surface area (Å²) in [7, 11) is 0. The number of aliphatic hydroxyl groups is 1. The number of amides is 1. The molecule has 1 heterocycles. The van der Waals surface area contributed by atoms with Crippen molar-refractivity contribution in [2.45, 2.75) is 25.3 Å². The van der Waals surface area contributed by atoms with Gasteiger partial charge in [0, 0.05) is 24.8 Å². The van der Waals surface area contributed by atoms with Crippen molar-refractivity contribution >= 4 is 21.8 Å². The first-order valence-electron chi connectivity index (χ1n) is 5.74. The number of pyridine rings is 1. The van der Waals surface area contributed by atoms with Crippen LogP contribution in [-0.2, 0) is 0 Å². The van der Waals surface area contributed by atoms with Crippen LogP contribution >= 0.6 is 15.9 Å². The molecule has 4 nitrogen and oxygen atoms in total. The van der Waals surface area contributed by atoms with Crippen molar-refractivity contribution in [3.8, 4) is 0 Å². The summed E-state index contributed by atoms with van der Waals surface area (Å²) in [5, 5.41) is 12.2. The normalized spacial score (nSPS) is 23.6. The lowest BCUT2D eigenvalue weighted by molar-refractivity contribution is 0.0915. The Morgan fingerprint density at radius 2 is 2.41 bits per heavy atom. The average molecular weight is 299 g/mol. The van der Waals surface area contributed by atoms with E-state index in [1.165, 1.54) is 0 Å². The highest BCUT2D eigenvalue weighted by molar-refractivity contribution is 9.10. The number of halogens is 1. The Morgan fingerprint density at radius 1 is 1.59 bits per heavy atom. The van der Waals surface area contributed by atoms with Crippen LogP contribution in [0.1, 0.15) is 29.6 Å². The van der Waals surface area contributed by atoms with Gasteiger partial charge in [0.05, 0.1) is 5.56 Å². The van der Waals surface area contributed by atoms with Gasteiger partial charge in [-0.05, 0) is 40.9 Å². The predicted molar refractivity (Wildman–Crippen MR) is 67.6 cm³/mol. The number of nitrogens with zero attached hydrogens (tertiary/aromatic N) is 1. The molecule has 1 aliphatic rings. The summed E-state index contributed by atoms with van der Waals surface area (Å²) in [4.78, 5) is 16.0. The third kappa shape index (κ3) is 2.84. The van der Waals surface area contributed by atoms with Gasteiger partial charge >= 0.3 is 0 Å². The van der Waals surface area contributed by atoms with E-state index >= 15 is 0 Å². The van der Waals surface area contributed by atoms with Crippen LogP contribution in [0.3, 0.4) is 0 Å². The molecule has 0 aromatic carbocycles. The first-order chi connectivity index (χ1) is 8.22. The lowest BCUT2D eigenvalue weighted by Crippen LogP contribution is -2.38. The lowest BCUT2D eigenvalue weighted by atomic mass is 10.0. The van der Waals surface area contributed by atoms with E-state index in [1.807, 2.05) is 0 Å². The first-order valence-corrected chi connectivity index (χ1v) is 6.54. The molecule has 0 aliphatic heterocycles. The van der Waals surface area contributed by atoms with E-state index in [4.69, 9.17) is 0 Å². The molecule has 1 aromatic rings. The zero-order chi connectivity index (χ0) is 12.3. The molecule has 1 saturated carbocycles. The monoisotopic (exact) mass is 298 g/mol. The van der Waals surface area contributed by atoms with Gasteiger partial charge in [-0.1, -0.05) is 6.42 Å². The Hall–Kier alpha value is -0.940. The smallest absolute Gasteiger partial charge is 0.254 e. The van der Waals surface area contributed by atoms with Crippen LogP contribution in [0.15, 0.2) is 22.9 Å². The summed E-state index contributed by atoms with van der Waals surface area (Å²) >= 11 is 3.26. The maximum atomic E-state index is 12.0. The molecule has 0 radical (unpaired) electrons. The quantitative estimate of drug-likeness (QED) is 0.836. The van der Waals surface area contributed by atoms with Crippen LogP contribution < -0.4 is 5.32 Å². The third-order valence-electron chi connectivity index (χ3n) is 3.21. The fourth-order valence-corrected chi connectivity index (χ4v) is 2.68. The lowest BCUT2D eigenvalue weighted by Gasteiger charge is -2.19. The molecule has 17 heavy (non-hydrogen) atoms. The predicted octanol–water partition coefficient (Wildman–Crippen LogP) is 1.73. The van der Waals surface area contributed by atoms with Crippen molar-refractivity contribution in [3.63, 3.8) is 0 Å². The van der Waals surface area contributed by atoms with Gasteiger partial charge in [0.2, 0.25) is 0 Å². The molecule has 92 valence electrons. The zero-order valence-corrected chi connectivity index (χ0v) is 11.0. The highest BCUT2D eigenvalue weighted by atomic mass is 79.9. The molecule has 1 fully saturated rings.